The van der Waals surface area contributed by atoms with Crippen molar-refractivity contribution in [2.75, 3.05) is 18.5 Å². The molecule has 0 unspecified atom stereocenters. The fraction of sp³-hybridized carbons (Fsp3) is 0.409. The number of nitrogens with one attached hydrogen (secondary N) is 2. The van der Waals surface area contributed by atoms with Gasteiger partial charge < -0.3 is 15.4 Å². The van der Waals surface area contributed by atoms with Gasteiger partial charge in [0.2, 0.25) is 0 Å². The number of ether oxygens (including phenoxy) is 1. The molecule has 1 aliphatic rings. The Morgan fingerprint density at radius 1 is 1.07 bits per heavy atom. The minimum Gasteiger partial charge on any atom is -0.451 e. The maximum atomic E-state index is 12.4. The highest BCUT2D eigenvalue weighted by Gasteiger charge is 2.18. The van der Waals surface area contributed by atoms with Gasteiger partial charge >= 0.3 is 5.97 Å². The Kier molecular flexibility index (Phi) is 7.41. The molecule has 0 saturated heterocycles. The first-order valence-electron chi connectivity index (χ1n) is 10.0. The minimum atomic E-state index is -0.465. The Morgan fingerprint density at radius 3 is 2.66 bits per heavy atom. The molecule has 1 aromatic heterocycles. The van der Waals surface area contributed by atoms with Gasteiger partial charge in [-0.05, 0) is 62.4 Å². The van der Waals surface area contributed by atoms with Gasteiger partial charge in [-0.1, -0.05) is 18.9 Å². The Hall–Kier alpha value is -2.67. The van der Waals surface area contributed by atoms with Crippen LogP contribution in [0.25, 0.3) is 0 Å². The number of thiophene rings is 1. The topological polar surface area (TPSA) is 84.5 Å². The van der Waals surface area contributed by atoms with Gasteiger partial charge in [0.15, 0.2) is 6.61 Å². The number of hydrogen-bond acceptors (Lipinski definition) is 5. The number of aryl methyl sites for hydroxylation is 2. The van der Waals surface area contributed by atoms with Crippen molar-refractivity contribution in [1.82, 2.24) is 5.32 Å². The molecule has 154 valence electrons. The molecule has 2 N–H and O–H groups in total. The molecule has 0 atom stereocenters. The summed E-state index contributed by atoms with van der Waals surface area (Å²) in [5, 5.41) is 5.37. The molecule has 0 spiro atoms. The lowest BCUT2D eigenvalue weighted by atomic mass is 10.00. The summed E-state index contributed by atoms with van der Waals surface area (Å²) in [6.07, 6.45) is 6.78. The fourth-order valence-electron chi connectivity index (χ4n) is 3.34. The van der Waals surface area contributed by atoms with E-state index < -0.39 is 11.9 Å². The van der Waals surface area contributed by atoms with E-state index in [-0.39, 0.29) is 12.5 Å². The molecule has 0 saturated carbocycles. The minimum absolute atomic E-state index is 0.205. The van der Waals surface area contributed by atoms with Crippen LogP contribution in [0.4, 0.5) is 5.69 Å². The van der Waals surface area contributed by atoms with Crippen LogP contribution in [-0.2, 0) is 22.4 Å². The SMILES string of the molecule is CCNC(=O)c1cccc(NC(=O)COC(=O)c2cc3c(s2)CCCCCC3)c1. The fourth-order valence-corrected chi connectivity index (χ4v) is 4.49. The van der Waals surface area contributed by atoms with Crippen LogP contribution in [0.5, 0.6) is 0 Å². The highest BCUT2D eigenvalue weighted by atomic mass is 32.1. The number of fused-ring (bicyclic) bond motifs is 1. The zero-order valence-corrected chi connectivity index (χ0v) is 17.4. The average molecular weight is 415 g/mol. The van der Waals surface area contributed by atoms with Crippen molar-refractivity contribution in [2.45, 2.75) is 45.4 Å². The molecule has 6 nitrogen and oxygen atoms in total. The largest absolute Gasteiger partial charge is 0.451 e. The normalized spacial score (nSPS) is 13.6. The second kappa shape index (κ2) is 10.2. The predicted octanol–water partition coefficient (Wildman–Crippen LogP) is 3.95. The molecular weight excluding hydrogens is 388 g/mol. The average Bonchev–Trinajstić information content (AvgIpc) is 3.08. The van der Waals surface area contributed by atoms with Crippen molar-refractivity contribution < 1.29 is 19.1 Å². The maximum absolute atomic E-state index is 12.4. The van der Waals surface area contributed by atoms with Crippen LogP contribution < -0.4 is 10.6 Å². The predicted molar refractivity (Wildman–Crippen MR) is 114 cm³/mol. The number of benzene rings is 1. The van der Waals surface area contributed by atoms with Crippen LogP contribution >= 0.6 is 11.3 Å². The molecule has 1 aromatic carbocycles. The summed E-state index contributed by atoms with van der Waals surface area (Å²) in [5.74, 6) is -1.11. The van der Waals surface area contributed by atoms with Crippen molar-refractivity contribution in [3.05, 3.63) is 51.2 Å². The van der Waals surface area contributed by atoms with Crippen LogP contribution in [0.3, 0.4) is 0 Å². The van der Waals surface area contributed by atoms with Gasteiger partial charge in [0.25, 0.3) is 11.8 Å². The van der Waals surface area contributed by atoms with Crippen molar-refractivity contribution in [3.8, 4) is 0 Å². The first-order valence-corrected chi connectivity index (χ1v) is 10.8. The molecule has 0 fully saturated rings. The zero-order valence-electron chi connectivity index (χ0n) is 16.6. The molecule has 0 radical (unpaired) electrons. The summed E-state index contributed by atoms with van der Waals surface area (Å²) in [6, 6.07) is 8.55. The highest BCUT2D eigenvalue weighted by molar-refractivity contribution is 7.14. The van der Waals surface area contributed by atoms with Gasteiger partial charge in [-0.2, -0.15) is 0 Å². The molecular formula is C22H26N2O4S. The molecule has 7 heteroatoms. The number of amides is 2. The molecule has 3 rings (SSSR count). The van der Waals surface area contributed by atoms with Gasteiger partial charge in [0, 0.05) is 22.7 Å². The second-order valence-electron chi connectivity index (χ2n) is 7.04. The number of carbonyl (C=O) groups excluding carboxylic acids is 3. The molecule has 1 aliphatic carbocycles. The van der Waals surface area contributed by atoms with E-state index in [1.807, 2.05) is 13.0 Å². The van der Waals surface area contributed by atoms with Gasteiger partial charge in [-0.25, -0.2) is 4.79 Å². The van der Waals surface area contributed by atoms with Crippen molar-refractivity contribution in [3.63, 3.8) is 0 Å². The van der Waals surface area contributed by atoms with Crippen LogP contribution in [-0.4, -0.2) is 30.9 Å². The number of rotatable bonds is 6. The maximum Gasteiger partial charge on any atom is 0.348 e. The van der Waals surface area contributed by atoms with E-state index in [1.54, 1.807) is 24.3 Å². The molecule has 2 aromatic rings. The molecule has 1 heterocycles. The van der Waals surface area contributed by atoms with E-state index in [9.17, 15) is 14.4 Å². The highest BCUT2D eigenvalue weighted by Crippen LogP contribution is 2.28. The second-order valence-corrected chi connectivity index (χ2v) is 8.17. The summed E-state index contributed by atoms with van der Waals surface area (Å²) in [7, 11) is 0. The standard InChI is InChI=1S/C22H26N2O4S/c1-2-23-21(26)16-9-7-10-17(12-16)24-20(25)14-28-22(27)19-13-15-8-5-3-4-6-11-18(15)29-19/h7,9-10,12-13H,2-6,8,11,14H2,1H3,(H,23,26)(H,24,25). The number of esters is 1. The van der Waals surface area contributed by atoms with Crippen LogP contribution in [0.1, 0.15) is 63.1 Å². The van der Waals surface area contributed by atoms with Crippen LogP contribution in [0.15, 0.2) is 30.3 Å². The van der Waals surface area contributed by atoms with E-state index in [0.717, 1.165) is 25.7 Å². The van der Waals surface area contributed by atoms with E-state index in [1.165, 1.54) is 34.6 Å². The summed E-state index contributed by atoms with van der Waals surface area (Å²) in [5.41, 5.74) is 2.18. The summed E-state index contributed by atoms with van der Waals surface area (Å²) >= 11 is 1.48. The number of hydrogen-bond donors (Lipinski definition) is 2. The quantitative estimate of drug-likeness (QED) is 0.701. The first-order chi connectivity index (χ1) is 14.1. The van der Waals surface area contributed by atoms with Crippen LogP contribution in [0, 0.1) is 0 Å². The van der Waals surface area contributed by atoms with E-state index in [0.29, 0.717) is 22.7 Å². The lowest BCUT2D eigenvalue weighted by Crippen LogP contribution is -2.23. The summed E-state index contributed by atoms with van der Waals surface area (Å²) < 4.78 is 5.20. The van der Waals surface area contributed by atoms with E-state index >= 15 is 0 Å². The summed E-state index contributed by atoms with van der Waals surface area (Å²) in [6.45, 7) is 2.00. The number of anilines is 1. The third kappa shape index (κ3) is 5.90. The molecule has 0 bridgehead atoms. The summed E-state index contributed by atoms with van der Waals surface area (Å²) in [4.78, 5) is 38.2. The third-order valence-electron chi connectivity index (χ3n) is 4.78. The monoisotopic (exact) mass is 414 g/mol. The lowest BCUT2D eigenvalue weighted by Gasteiger charge is -2.08. The van der Waals surface area contributed by atoms with Gasteiger partial charge in [-0.3, -0.25) is 9.59 Å². The number of carbonyl (C=O) groups is 3. The van der Waals surface area contributed by atoms with E-state index in [4.69, 9.17) is 4.74 Å². The Bertz CT molecular complexity index is 865. The van der Waals surface area contributed by atoms with E-state index in [2.05, 4.69) is 10.6 Å². The molecule has 2 amide bonds. The Morgan fingerprint density at radius 2 is 1.86 bits per heavy atom. The Balaban J connectivity index is 1.54. The lowest BCUT2D eigenvalue weighted by molar-refractivity contribution is -0.119. The first kappa shape index (κ1) is 21.0. The van der Waals surface area contributed by atoms with Gasteiger partial charge in [-0.15, -0.1) is 11.3 Å². The van der Waals surface area contributed by atoms with Crippen molar-refractivity contribution >= 4 is 34.8 Å². The van der Waals surface area contributed by atoms with Crippen molar-refractivity contribution in [1.29, 1.82) is 0 Å². The van der Waals surface area contributed by atoms with Gasteiger partial charge in [0.1, 0.15) is 4.88 Å². The molecule has 0 aliphatic heterocycles. The smallest absolute Gasteiger partial charge is 0.348 e. The molecule has 29 heavy (non-hydrogen) atoms. The van der Waals surface area contributed by atoms with Crippen molar-refractivity contribution in [2.24, 2.45) is 0 Å². The zero-order chi connectivity index (χ0) is 20.6. The van der Waals surface area contributed by atoms with Crippen LogP contribution in [0.2, 0.25) is 0 Å². The Labute approximate surface area is 174 Å². The van der Waals surface area contributed by atoms with Gasteiger partial charge in [0.05, 0.1) is 0 Å². The third-order valence-corrected chi connectivity index (χ3v) is 6.00.